The molecule has 0 radical (unpaired) electrons. The van der Waals surface area contributed by atoms with Gasteiger partial charge in [-0.25, -0.2) is 0 Å². The number of ether oxygens (including phenoxy) is 1. The van der Waals surface area contributed by atoms with Crippen molar-refractivity contribution in [2.75, 3.05) is 13.2 Å². The third-order valence-corrected chi connectivity index (χ3v) is 3.55. The average Bonchev–Trinajstić information content (AvgIpc) is 2.50. The van der Waals surface area contributed by atoms with E-state index in [0.717, 1.165) is 12.8 Å². The highest BCUT2D eigenvalue weighted by Crippen LogP contribution is 2.08. The van der Waals surface area contributed by atoms with Crippen molar-refractivity contribution in [3.05, 3.63) is 28.7 Å². The van der Waals surface area contributed by atoms with Crippen LogP contribution in [0.5, 0.6) is 5.75 Å². The van der Waals surface area contributed by atoms with Crippen LogP contribution in [-0.4, -0.2) is 22.9 Å². The van der Waals surface area contributed by atoms with Crippen molar-refractivity contribution in [3.8, 4) is 5.75 Å². The first-order valence-corrected chi connectivity index (χ1v) is 8.22. The van der Waals surface area contributed by atoms with Crippen molar-refractivity contribution >= 4 is 0 Å². The van der Waals surface area contributed by atoms with Gasteiger partial charge in [-0.15, -0.1) is 0 Å². The second-order valence-electron chi connectivity index (χ2n) is 5.42. The number of aliphatic hydroxyl groups is 1. The predicted octanol–water partition coefficient (Wildman–Crippen LogP) is 3.36. The molecule has 0 aliphatic heterocycles. The Morgan fingerprint density at radius 1 is 1.10 bits per heavy atom. The first-order valence-electron chi connectivity index (χ1n) is 8.22. The average molecular weight is 295 g/mol. The molecule has 120 valence electrons. The molecule has 0 aliphatic carbocycles. The summed E-state index contributed by atoms with van der Waals surface area (Å²) in [5, 5.41) is 8.82. The standard InChI is InChI=1S/C17H29NO3/c1-2-3-4-5-6-7-8-15-21-16-11-9-12-18(17(16)20)13-10-14-19/h9,11-12,19H,2-8,10,13-15H2,1H3. The van der Waals surface area contributed by atoms with Gasteiger partial charge in [0.25, 0.3) is 5.56 Å². The van der Waals surface area contributed by atoms with Gasteiger partial charge in [-0.3, -0.25) is 4.79 Å². The fraction of sp³-hybridized carbons (Fsp3) is 0.706. The summed E-state index contributed by atoms with van der Waals surface area (Å²) >= 11 is 0. The second kappa shape index (κ2) is 11.4. The van der Waals surface area contributed by atoms with Crippen LogP contribution in [0.4, 0.5) is 0 Å². The Bertz CT molecular complexity index is 428. The molecule has 0 atom stereocenters. The number of aliphatic hydroxyl groups excluding tert-OH is 1. The van der Waals surface area contributed by atoms with Gasteiger partial charge in [0.05, 0.1) is 6.61 Å². The molecule has 1 aromatic heterocycles. The zero-order chi connectivity index (χ0) is 15.3. The number of unbranched alkanes of at least 4 members (excludes halogenated alkanes) is 6. The molecule has 1 aromatic rings. The Balaban J connectivity index is 2.24. The Morgan fingerprint density at radius 2 is 1.81 bits per heavy atom. The molecule has 0 unspecified atom stereocenters. The molecule has 0 bridgehead atoms. The van der Waals surface area contributed by atoms with Crippen LogP contribution in [0.1, 0.15) is 58.3 Å². The second-order valence-corrected chi connectivity index (χ2v) is 5.42. The Hall–Kier alpha value is -1.29. The lowest BCUT2D eigenvalue weighted by atomic mass is 10.1. The smallest absolute Gasteiger partial charge is 0.292 e. The fourth-order valence-corrected chi connectivity index (χ4v) is 2.28. The molecule has 1 heterocycles. The van der Waals surface area contributed by atoms with E-state index in [1.54, 1.807) is 16.8 Å². The quantitative estimate of drug-likeness (QED) is 0.602. The summed E-state index contributed by atoms with van der Waals surface area (Å²) in [6.45, 7) is 3.45. The minimum atomic E-state index is -0.103. The van der Waals surface area contributed by atoms with Gasteiger partial charge in [0.1, 0.15) is 0 Å². The molecule has 1 rings (SSSR count). The molecule has 1 N–H and O–H groups in total. The number of hydrogen-bond donors (Lipinski definition) is 1. The van der Waals surface area contributed by atoms with Crippen LogP contribution < -0.4 is 10.3 Å². The lowest BCUT2D eigenvalue weighted by molar-refractivity contribution is 0.275. The maximum atomic E-state index is 12.1. The Kier molecular flexibility index (Phi) is 9.62. The van der Waals surface area contributed by atoms with Crippen LogP contribution in [-0.2, 0) is 6.54 Å². The number of rotatable bonds is 12. The third kappa shape index (κ3) is 7.32. The summed E-state index contributed by atoms with van der Waals surface area (Å²) in [6, 6.07) is 3.54. The van der Waals surface area contributed by atoms with Gasteiger partial charge in [0, 0.05) is 19.3 Å². The van der Waals surface area contributed by atoms with E-state index in [4.69, 9.17) is 9.84 Å². The number of aryl methyl sites for hydroxylation is 1. The van der Waals surface area contributed by atoms with Crippen molar-refractivity contribution in [1.29, 1.82) is 0 Å². The molecule has 0 spiro atoms. The van der Waals surface area contributed by atoms with Crippen LogP contribution in [0.25, 0.3) is 0 Å². The highest BCUT2D eigenvalue weighted by atomic mass is 16.5. The van der Waals surface area contributed by atoms with Crippen molar-refractivity contribution in [2.24, 2.45) is 0 Å². The van der Waals surface area contributed by atoms with Crippen LogP contribution in [0.2, 0.25) is 0 Å². The largest absolute Gasteiger partial charge is 0.488 e. The number of hydrogen-bond acceptors (Lipinski definition) is 3. The first-order chi connectivity index (χ1) is 10.3. The number of pyridine rings is 1. The van der Waals surface area contributed by atoms with Crippen molar-refractivity contribution in [1.82, 2.24) is 4.57 Å². The summed E-state index contributed by atoms with van der Waals surface area (Å²) < 4.78 is 7.18. The van der Waals surface area contributed by atoms with Crippen molar-refractivity contribution in [2.45, 2.75) is 64.8 Å². The van der Waals surface area contributed by atoms with Gasteiger partial charge in [0.15, 0.2) is 5.75 Å². The minimum Gasteiger partial charge on any atom is -0.488 e. The molecule has 4 nitrogen and oxygen atoms in total. The van der Waals surface area contributed by atoms with E-state index in [0.29, 0.717) is 25.3 Å². The van der Waals surface area contributed by atoms with Crippen LogP contribution in [0.15, 0.2) is 23.1 Å². The van der Waals surface area contributed by atoms with E-state index in [2.05, 4.69) is 6.92 Å². The summed E-state index contributed by atoms with van der Waals surface area (Å²) in [6.07, 6.45) is 11.0. The third-order valence-electron chi connectivity index (χ3n) is 3.55. The zero-order valence-electron chi connectivity index (χ0n) is 13.2. The maximum absolute atomic E-state index is 12.1. The molecule has 21 heavy (non-hydrogen) atoms. The topological polar surface area (TPSA) is 51.5 Å². The number of aromatic nitrogens is 1. The summed E-state index contributed by atoms with van der Waals surface area (Å²) in [5.41, 5.74) is -0.103. The molecule has 0 aliphatic rings. The lowest BCUT2D eigenvalue weighted by Gasteiger charge is -2.09. The number of nitrogens with zero attached hydrogens (tertiary/aromatic N) is 1. The van der Waals surface area contributed by atoms with E-state index in [1.807, 2.05) is 6.07 Å². The minimum absolute atomic E-state index is 0.0928. The maximum Gasteiger partial charge on any atom is 0.292 e. The van der Waals surface area contributed by atoms with Gasteiger partial charge in [-0.2, -0.15) is 0 Å². The predicted molar refractivity (Wildman–Crippen MR) is 85.9 cm³/mol. The van der Waals surface area contributed by atoms with Crippen LogP contribution >= 0.6 is 0 Å². The molecular formula is C17H29NO3. The summed E-state index contributed by atoms with van der Waals surface area (Å²) in [7, 11) is 0. The Labute approximate surface area is 127 Å². The highest BCUT2D eigenvalue weighted by Gasteiger charge is 2.03. The highest BCUT2D eigenvalue weighted by molar-refractivity contribution is 5.17. The first kappa shape index (κ1) is 17.8. The monoisotopic (exact) mass is 295 g/mol. The molecule has 0 aromatic carbocycles. The SMILES string of the molecule is CCCCCCCCCOc1cccn(CCCO)c1=O. The van der Waals surface area contributed by atoms with Crippen LogP contribution in [0.3, 0.4) is 0 Å². The van der Waals surface area contributed by atoms with Gasteiger partial charge >= 0.3 is 0 Å². The van der Waals surface area contributed by atoms with E-state index in [1.165, 1.54) is 32.1 Å². The molecule has 0 amide bonds. The van der Waals surface area contributed by atoms with Crippen molar-refractivity contribution in [3.63, 3.8) is 0 Å². The molecule has 0 saturated heterocycles. The van der Waals surface area contributed by atoms with E-state index < -0.39 is 0 Å². The molecule has 4 heteroatoms. The van der Waals surface area contributed by atoms with E-state index in [9.17, 15) is 4.79 Å². The van der Waals surface area contributed by atoms with E-state index >= 15 is 0 Å². The van der Waals surface area contributed by atoms with E-state index in [-0.39, 0.29) is 12.2 Å². The normalized spacial score (nSPS) is 10.8. The van der Waals surface area contributed by atoms with Gasteiger partial charge in [-0.1, -0.05) is 45.4 Å². The van der Waals surface area contributed by atoms with Gasteiger partial charge in [0.2, 0.25) is 0 Å². The fourth-order valence-electron chi connectivity index (χ4n) is 2.28. The summed E-state index contributed by atoms with van der Waals surface area (Å²) in [5.74, 6) is 0.418. The molecule has 0 saturated carbocycles. The summed E-state index contributed by atoms with van der Waals surface area (Å²) in [4.78, 5) is 12.1. The molecular weight excluding hydrogens is 266 g/mol. The molecule has 0 fully saturated rings. The zero-order valence-corrected chi connectivity index (χ0v) is 13.2. The van der Waals surface area contributed by atoms with Gasteiger partial charge in [-0.05, 0) is 25.0 Å². The van der Waals surface area contributed by atoms with Crippen LogP contribution in [0, 0.1) is 0 Å². The van der Waals surface area contributed by atoms with Gasteiger partial charge < -0.3 is 14.4 Å². The Morgan fingerprint density at radius 3 is 2.52 bits per heavy atom. The van der Waals surface area contributed by atoms with Crippen molar-refractivity contribution < 1.29 is 9.84 Å². The lowest BCUT2D eigenvalue weighted by Crippen LogP contribution is -2.22.